The lowest BCUT2D eigenvalue weighted by molar-refractivity contribution is 0.728. The van der Waals surface area contributed by atoms with Crippen molar-refractivity contribution in [3.05, 3.63) is 58.1 Å². The summed E-state index contributed by atoms with van der Waals surface area (Å²) in [5.41, 5.74) is 6.31. The van der Waals surface area contributed by atoms with Gasteiger partial charge in [-0.1, -0.05) is 18.2 Å². The van der Waals surface area contributed by atoms with Gasteiger partial charge in [-0.2, -0.15) is 10.2 Å². The van der Waals surface area contributed by atoms with Gasteiger partial charge in [-0.05, 0) is 17.7 Å². The number of aromatic nitrogens is 2. The molecule has 0 radical (unpaired) electrons. The van der Waals surface area contributed by atoms with Crippen LogP contribution in [0.2, 0.25) is 0 Å². The fourth-order valence-electron chi connectivity index (χ4n) is 1.51. The number of anilines is 1. The lowest BCUT2D eigenvalue weighted by atomic mass is 10.1. The SMILES string of the molecule is N#Cc1ccccc1Cn1ccc(N)nc1=O. The van der Waals surface area contributed by atoms with E-state index in [1.54, 1.807) is 30.5 Å². The molecule has 1 aromatic carbocycles. The van der Waals surface area contributed by atoms with Gasteiger partial charge in [0.25, 0.3) is 0 Å². The Morgan fingerprint density at radius 2 is 2.12 bits per heavy atom. The minimum atomic E-state index is -0.419. The zero-order valence-corrected chi connectivity index (χ0v) is 9.00. The lowest BCUT2D eigenvalue weighted by Crippen LogP contribution is -2.23. The van der Waals surface area contributed by atoms with E-state index < -0.39 is 5.69 Å². The molecule has 0 spiro atoms. The molecule has 0 atom stereocenters. The van der Waals surface area contributed by atoms with Gasteiger partial charge in [0, 0.05) is 6.20 Å². The van der Waals surface area contributed by atoms with Gasteiger partial charge >= 0.3 is 5.69 Å². The Kier molecular flexibility index (Phi) is 2.88. The number of nitrogen functional groups attached to an aromatic ring is 1. The van der Waals surface area contributed by atoms with E-state index in [0.717, 1.165) is 5.56 Å². The van der Waals surface area contributed by atoms with Crippen LogP contribution in [0, 0.1) is 11.3 Å². The molecule has 0 unspecified atom stereocenters. The Bertz CT molecular complexity index is 639. The zero-order chi connectivity index (χ0) is 12.3. The molecule has 0 saturated carbocycles. The summed E-state index contributed by atoms with van der Waals surface area (Å²) in [4.78, 5) is 15.2. The molecule has 5 nitrogen and oxygen atoms in total. The van der Waals surface area contributed by atoms with E-state index in [9.17, 15) is 4.79 Å². The molecule has 2 N–H and O–H groups in total. The third kappa shape index (κ3) is 2.32. The molecular weight excluding hydrogens is 216 g/mol. The highest BCUT2D eigenvalue weighted by atomic mass is 16.1. The van der Waals surface area contributed by atoms with Gasteiger partial charge in [-0.3, -0.25) is 4.57 Å². The van der Waals surface area contributed by atoms with Crippen molar-refractivity contribution >= 4 is 5.82 Å². The van der Waals surface area contributed by atoms with Gasteiger partial charge in [0.1, 0.15) is 5.82 Å². The molecule has 2 aromatic rings. The molecule has 0 fully saturated rings. The van der Waals surface area contributed by atoms with E-state index in [-0.39, 0.29) is 5.82 Å². The standard InChI is InChI=1S/C12H10N4O/c13-7-9-3-1-2-4-10(9)8-16-6-5-11(14)15-12(16)17/h1-6H,8H2,(H2,14,15,17). The average molecular weight is 226 g/mol. The van der Waals surface area contributed by atoms with Crippen LogP contribution in [-0.2, 0) is 6.54 Å². The van der Waals surface area contributed by atoms with Crippen molar-refractivity contribution in [1.82, 2.24) is 9.55 Å². The molecule has 0 aliphatic rings. The summed E-state index contributed by atoms with van der Waals surface area (Å²) < 4.78 is 1.41. The van der Waals surface area contributed by atoms with Gasteiger partial charge in [-0.15, -0.1) is 0 Å². The maximum Gasteiger partial charge on any atom is 0.349 e. The summed E-state index contributed by atoms with van der Waals surface area (Å²) in [7, 11) is 0. The summed E-state index contributed by atoms with van der Waals surface area (Å²) in [5, 5.41) is 8.94. The van der Waals surface area contributed by atoms with Crippen molar-refractivity contribution in [1.29, 1.82) is 5.26 Å². The lowest BCUT2D eigenvalue weighted by Gasteiger charge is -2.06. The average Bonchev–Trinajstić information content (AvgIpc) is 2.33. The predicted octanol–water partition coefficient (Wildman–Crippen LogP) is 0.745. The minimum absolute atomic E-state index is 0.194. The number of nitriles is 1. The zero-order valence-electron chi connectivity index (χ0n) is 9.00. The van der Waals surface area contributed by atoms with Crippen LogP contribution in [-0.4, -0.2) is 9.55 Å². The van der Waals surface area contributed by atoms with Crippen LogP contribution in [0.15, 0.2) is 41.3 Å². The fraction of sp³-hybridized carbons (Fsp3) is 0.0833. The summed E-state index contributed by atoms with van der Waals surface area (Å²) in [6.07, 6.45) is 1.57. The molecule has 0 saturated heterocycles. The Balaban J connectivity index is 2.39. The maximum atomic E-state index is 11.5. The number of hydrogen-bond donors (Lipinski definition) is 1. The first-order valence-electron chi connectivity index (χ1n) is 5.01. The molecule has 0 bridgehead atoms. The fourth-order valence-corrected chi connectivity index (χ4v) is 1.51. The number of nitrogens with zero attached hydrogens (tertiary/aromatic N) is 3. The van der Waals surface area contributed by atoms with Crippen LogP contribution in [0.4, 0.5) is 5.82 Å². The molecule has 0 aliphatic carbocycles. The first-order valence-corrected chi connectivity index (χ1v) is 5.01. The van der Waals surface area contributed by atoms with Crippen LogP contribution in [0.3, 0.4) is 0 Å². The summed E-state index contributed by atoms with van der Waals surface area (Å²) >= 11 is 0. The number of nitrogens with two attached hydrogens (primary N) is 1. The minimum Gasteiger partial charge on any atom is -0.383 e. The smallest absolute Gasteiger partial charge is 0.349 e. The highest BCUT2D eigenvalue weighted by molar-refractivity contribution is 5.37. The van der Waals surface area contributed by atoms with E-state index in [1.165, 1.54) is 4.57 Å². The van der Waals surface area contributed by atoms with Gasteiger partial charge in [-0.25, -0.2) is 4.79 Å². The van der Waals surface area contributed by atoms with Gasteiger partial charge in [0.05, 0.1) is 18.2 Å². The van der Waals surface area contributed by atoms with E-state index in [1.807, 2.05) is 6.07 Å². The van der Waals surface area contributed by atoms with Gasteiger partial charge < -0.3 is 5.73 Å². The molecule has 17 heavy (non-hydrogen) atoms. The van der Waals surface area contributed by atoms with Crippen molar-refractivity contribution in [2.45, 2.75) is 6.54 Å². The third-order valence-electron chi connectivity index (χ3n) is 2.37. The molecule has 84 valence electrons. The third-order valence-corrected chi connectivity index (χ3v) is 2.37. The van der Waals surface area contributed by atoms with Crippen molar-refractivity contribution in [3.63, 3.8) is 0 Å². The van der Waals surface area contributed by atoms with Gasteiger partial charge in [0.2, 0.25) is 0 Å². The first kappa shape index (κ1) is 10.9. The van der Waals surface area contributed by atoms with E-state index in [0.29, 0.717) is 12.1 Å². The summed E-state index contributed by atoms with van der Waals surface area (Å²) in [5.74, 6) is 0.194. The molecule has 5 heteroatoms. The highest BCUT2D eigenvalue weighted by Crippen LogP contribution is 2.08. The van der Waals surface area contributed by atoms with Crippen LogP contribution < -0.4 is 11.4 Å². The first-order chi connectivity index (χ1) is 8.20. The van der Waals surface area contributed by atoms with Crippen molar-refractivity contribution in [2.24, 2.45) is 0 Å². The maximum absolute atomic E-state index is 11.5. The second-order valence-electron chi connectivity index (χ2n) is 3.53. The van der Waals surface area contributed by atoms with Crippen LogP contribution in [0.5, 0.6) is 0 Å². The molecule has 1 aromatic heterocycles. The monoisotopic (exact) mass is 226 g/mol. The Labute approximate surface area is 97.8 Å². The second-order valence-corrected chi connectivity index (χ2v) is 3.53. The number of benzene rings is 1. The van der Waals surface area contributed by atoms with Crippen LogP contribution >= 0.6 is 0 Å². The Morgan fingerprint density at radius 3 is 2.82 bits per heavy atom. The summed E-state index contributed by atoms with van der Waals surface area (Å²) in [6, 6.07) is 10.8. The number of hydrogen-bond acceptors (Lipinski definition) is 4. The second kappa shape index (κ2) is 4.49. The van der Waals surface area contributed by atoms with Crippen molar-refractivity contribution < 1.29 is 0 Å². The number of rotatable bonds is 2. The molecule has 0 amide bonds. The van der Waals surface area contributed by atoms with E-state index in [2.05, 4.69) is 11.1 Å². The Hall–Kier alpha value is -2.61. The van der Waals surface area contributed by atoms with Gasteiger partial charge in [0.15, 0.2) is 0 Å². The molecule has 2 rings (SSSR count). The molecule has 1 heterocycles. The van der Waals surface area contributed by atoms with E-state index >= 15 is 0 Å². The molecular formula is C12H10N4O. The molecule has 0 aliphatic heterocycles. The van der Waals surface area contributed by atoms with Crippen LogP contribution in [0.25, 0.3) is 0 Å². The normalized spacial score (nSPS) is 9.82. The topological polar surface area (TPSA) is 84.7 Å². The Morgan fingerprint density at radius 1 is 1.35 bits per heavy atom. The van der Waals surface area contributed by atoms with Crippen molar-refractivity contribution in [2.75, 3.05) is 5.73 Å². The highest BCUT2D eigenvalue weighted by Gasteiger charge is 2.03. The summed E-state index contributed by atoms with van der Waals surface area (Å²) in [6.45, 7) is 0.315. The largest absolute Gasteiger partial charge is 0.383 e. The quantitative estimate of drug-likeness (QED) is 0.818. The van der Waals surface area contributed by atoms with Crippen molar-refractivity contribution in [3.8, 4) is 6.07 Å². The van der Waals surface area contributed by atoms with E-state index in [4.69, 9.17) is 11.0 Å². The van der Waals surface area contributed by atoms with Crippen LogP contribution in [0.1, 0.15) is 11.1 Å². The predicted molar refractivity (Wildman–Crippen MR) is 63.2 cm³/mol.